The van der Waals surface area contributed by atoms with Crippen molar-refractivity contribution in [2.45, 2.75) is 126 Å². The van der Waals surface area contributed by atoms with E-state index < -0.39 is 34.6 Å². The minimum absolute atomic E-state index is 0.0789. The summed E-state index contributed by atoms with van der Waals surface area (Å²) in [6.45, 7) is 4.44. The summed E-state index contributed by atoms with van der Waals surface area (Å²) in [5, 5.41) is 24.9. The SMILES string of the molecule is COc1ccc([C@H]2O[C@H]3[C@@H](C)O[C@@H](O[C@@H]4CC[C@]5(C=O)[C@@H]6CC[C@]7(C)[C@H](C8=CC(=O)OC8)CC[C@]7(O)[C@@H]6CC[C@]5(O)C4)C[C@H]3O2)cc1. The molecule has 1 aromatic rings. The number of aliphatic hydroxyl groups is 2. The molecule has 0 unspecified atom stereocenters. The van der Waals surface area contributed by atoms with Crippen LogP contribution in [0.5, 0.6) is 5.75 Å². The Hall–Kier alpha value is -2.34. The molecule has 4 aliphatic carbocycles. The van der Waals surface area contributed by atoms with E-state index in [0.29, 0.717) is 51.6 Å². The van der Waals surface area contributed by atoms with E-state index in [1.165, 1.54) is 0 Å². The molecule has 0 bridgehead atoms. The van der Waals surface area contributed by atoms with E-state index >= 15 is 0 Å². The van der Waals surface area contributed by atoms with Crippen LogP contribution in [0.25, 0.3) is 0 Å². The summed E-state index contributed by atoms with van der Waals surface area (Å²) in [7, 11) is 1.64. The van der Waals surface area contributed by atoms with E-state index in [9.17, 15) is 19.8 Å². The van der Waals surface area contributed by atoms with E-state index in [2.05, 4.69) is 6.92 Å². The maximum Gasteiger partial charge on any atom is 0.331 e. The summed E-state index contributed by atoms with van der Waals surface area (Å²) < 4.78 is 36.0. The maximum absolute atomic E-state index is 13.2. The van der Waals surface area contributed by atoms with Gasteiger partial charge in [0.15, 0.2) is 12.6 Å². The molecule has 2 N–H and O–H groups in total. The average molecular weight is 653 g/mol. The Morgan fingerprint density at radius 2 is 1.74 bits per heavy atom. The minimum Gasteiger partial charge on any atom is -0.497 e. The normalized spacial score (nSPS) is 48.8. The number of carbonyl (C=O) groups is 2. The molecule has 7 aliphatic rings. The third-order valence-electron chi connectivity index (χ3n) is 13.8. The van der Waals surface area contributed by atoms with Gasteiger partial charge in [-0.1, -0.05) is 19.1 Å². The van der Waals surface area contributed by atoms with Crippen LogP contribution in [0.1, 0.15) is 89.9 Å². The molecule has 13 atom stereocenters. The van der Waals surface area contributed by atoms with Gasteiger partial charge in [-0.25, -0.2) is 4.79 Å². The molecule has 0 radical (unpaired) electrons. The predicted octanol–water partition coefficient (Wildman–Crippen LogP) is 4.55. The minimum atomic E-state index is -1.22. The highest BCUT2D eigenvalue weighted by atomic mass is 16.8. The summed E-state index contributed by atoms with van der Waals surface area (Å²) in [4.78, 5) is 25.1. The topological polar surface area (TPSA) is 130 Å². The van der Waals surface area contributed by atoms with Crippen LogP contribution < -0.4 is 4.74 Å². The van der Waals surface area contributed by atoms with Gasteiger partial charge in [-0.05, 0) is 93.7 Å². The number of carbonyl (C=O) groups excluding carboxylic acids is 2. The molecule has 8 rings (SSSR count). The summed E-state index contributed by atoms with van der Waals surface area (Å²) in [5.41, 5.74) is -1.62. The summed E-state index contributed by atoms with van der Waals surface area (Å²) in [5.74, 6) is 0.342. The lowest BCUT2D eigenvalue weighted by atomic mass is 9.41. The predicted molar refractivity (Wildman–Crippen MR) is 167 cm³/mol. The van der Waals surface area contributed by atoms with Gasteiger partial charge in [-0.15, -0.1) is 0 Å². The second kappa shape index (κ2) is 11.4. The van der Waals surface area contributed by atoms with Crippen molar-refractivity contribution in [2.24, 2.45) is 28.6 Å². The van der Waals surface area contributed by atoms with Gasteiger partial charge in [-0.2, -0.15) is 0 Å². The van der Waals surface area contributed by atoms with Crippen molar-refractivity contribution in [3.8, 4) is 5.75 Å². The fourth-order valence-electron chi connectivity index (χ4n) is 11.3. The first-order valence-corrected chi connectivity index (χ1v) is 17.6. The summed E-state index contributed by atoms with van der Waals surface area (Å²) >= 11 is 0. The third-order valence-corrected chi connectivity index (χ3v) is 13.8. The zero-order valence-electron chi connectivity index (χ0n) is 27.6. The van der Waals surface area contributed by atoms with E-state index in [1.54, 1.807) is 13.2 Å². The van der Waals surface area contributed by atoms with Crippen LogP contribution >= 0.6 is 0 Å². The van der Waals surface area contributed by atoms with E-state index in [4.69, 9.17) is 28.4 Å². The summed E-state index contributed by atoms with van der Waals surface area (Å²) in [6, 6.07) is 7.66. The first kappa shape index (κ1) is 31.9. The number of benzene rings is 1. The molecular formula is C37H48O10. The van der Waals surface area contributed by atoms with Crippen LogP contribution in [0, 0.1) is 28.6 Å². The van der Waals surface area contributed by atoms with E-state index in [-0.39, 0.29) is 48.1 Å². The highest BCUT2D eigenvalue weighted by Crippen LogP contribution is 2.70. The molecule has 3 heterocycles. The lowest BCUT2D eigenvalue weighted by Crippen LogP contribution is -2.69. The highest BCUT2D eigenvalue weighted by Gasteiger charge is 2.71. The van der Waals surface area contributed by atoms with E-state index in [1.807, 2.05) is 31.2 Å². The van der Waals surface area contributed by atoms with Crippen molar-refractivity contribution in [1.82, 2.24) is 0 Å². The molecule has 0 spiro atoms. The lowest BCUT2D eigenvalue weighted by Gasteiger charge is -2.65. The first-order valence-electron chi connectivity index (χ1n) is 17.6. The van der Waals surface area contributed by atoms with Gasteiger partial charge in [0.25, 0.3) is 0 Å². The number of esters is 1. The van der Waals surface area contributed by atoms with Crippen molar-refractivity contribution >= 4 is 12.3 Å². The largest absolute Gasteiger partial charge is 0.497 e. The van der Waals surface area contributed by atoms with Crippen LogP contribution in [0.2, 0.25) is 0 Å². The Labute approximate surface area is 276 Å². The first-order chi connectivity index (χ1) is 22.5. The molecule has 47 heavy (non-hydrogen) atoms. The number of ether oxygens (including phenoxy) is 6. The smallest absolute Gasteiger partial charge is 0.331 e. The van der Waals surface area contributed by atoms with Gasteiger partial charge < -0.3 is 43.4 Å². The van der Waals surface area contributed by atoms with Crippen molar-refractivity contribution in [3.63, 3.8) is 0 Å². The van der Waals surface area contributed by atoms with Gasteiger partial charge in [0.1, 0.15) is 24.7 Å². The molecule has 0 amide bonds. The number of rotatable bonds is 6. The van der Waals surface area contributed by atoms with E-state index in [0.717, 1.165) is 42.4 Å². The second-order valence-corrected chi connectivity index (χ2v) is 15.6. The van der Waals surface area contributed by atoms with Crippen LogP contribution in [0.15, 0.2) is 35.9 Å². The van der Waals surface area contributed by atoms with Crippen molar-refractivity contribution < 1.29 is 48.2 Å². The number of hydrogen-bond acceptors (Lipinski definition) is 10. The molecule has 2 saturated heterocycles. The Bertz CT molecular complexity index is 1430. The maximum atomic E-state index is 13.2. The number of cyclic esters (lactones) is 1. The fraction of sp³-hybridized carbons (Fsp3) is 0.730. The molecular weight excluding hydrogens is 604 g/mol. The summed E-state index contributed by atoms with van der Waals surface area (Å²) in [6.07, 6.45) is 6.74. The molecule has 1 aromatic carbocycles. The molecule has 3 aliphatic heterocycles. The van der Waals surface area contributed by atoms with Crippen LogP contribution in [0.3, 0.4) is 0 Å². The van der Waals surface area contributed by atoms with Gasteiger partial charge >= 0.3 is 5.97 Å². The molecule has 0 aromatic heterocycles. The molecule has 10 nitrogen and oxygen atoms in total. The second-order valence-electron chi connectivity index (χ2n) is 15.6. The van der Waals surface area contributed by atoms with Gasteiger partial charge in [0.05, 0.1) is 42.0 Å². The van der Waals surface area contributed by atoms with Crippen molar-refractivity contribution in [1.29, 1.82) is 0 Å². The van der Waals surface area contributed by atoms with Crippen molar-refractivity contribution in [2.75, 3.05) is 13.7 Å². The number of aldehydes is 1. The Balaban J connectivity index is 0.948. The molecule has 4 saturated carbocycles. The monoisotopic (exact) mass is 652 g/mol. The molecule has 10 heteroatoms. The van der Waals surface area contributed by atoms with Crippen molar-refractivity contribution in [3.05, 3.63) is 41.5 Å². The third kappa shape index (κ3) is 4.72. The standard InChI is InChI=1S/C37H48O10/c1-21-32-29(46-33(47-32)22-4-6-24(42-3)7-5-22)17-31(44-21)45-25-8-13-35(20-38)27-9-12-34(2)26(23-16-30(39)43-19-23)11-15-37(34,41)28(27)10-14-36(35,40)18-25/h4-7,16,20-21,25-29,31-33,40-41H,8-15,17-19H2,1-3H3/t21-,25-,26+,27-,28-,29-,31+,32+,33-,34-,35+,36+,37+/m1/s1. The van der Waals surface area contributed by atoms with Crippen LogP contribution in [-0.4, -0.2) is 78.1 Å². The Kier molecular flexibility index (Phi) is 7.70. The van der Waals surface area contributed by atoms with Crippen LogP contribution in [-0.2, 0) is 33.3 Å². The number of methoxy groups -OCH3 is 1. The fourth-order valence-corrected chi connectivity index (χ4v) is 11.3. The van der Waals surface area contributed by atoms with Gasteiger partial charge in [0.2, 0.25) is 0 Å². The lowest BCUT2D eigenvalue weighted by molar-refractivity contribution is -0.278. The zero-order valence-corrected chi connectivity index (χ0v) is 27.6. The zero-order chi connectivity index (χ0) is 32.8. The highest BCUT2D eigenvalue weighted by molar-refractivity contribution is 5.85. The Morgan fingerprint density at radius 1 is 0.957 bits per heavy atom. The van der Waals surface area contributed by atoms with Crippen LogP contribution in [0.4, 0.5) is 0 Å². The van der Waals surface area contributed by atoms with Gasteiger partial charge in [0, 0.05) is 29.9 Å². The van der Waals surface area contributed by atoms with Gasteiger partial charge in [-0.3, -0.25) is 0 Å². The average Bonchev–Trinajstić information content (AvgIpc) is 3.76. The molecule has 256 valence electrons. The Morgan fingerprint density at radius 3 is 2.47 bits per heavy atom. The number of fused-ring (bicyclic) bond motifs is 6. The quantitative estimate of drug-likeness (QED) is 0.257. The molecule has 6 fully saturated rings. The number of hydrogen-bond donors (Lipinski definition) is 2.